The average molecular weight is 308 g/mol. The number of anilines is 2. The number of nitrogens with two attached hydrogens (primary N) is 1. The van der Waals surface area contributed by atoms with Crippen LogP contribution in [0.5, 0.6) is 0 Å². The summed E-state index contributed by atoms with van der Waals surface area (Å²) in [5.74, 6) is -0.326. The summed E-state index contributed by atoms with van der Waals surface area (Å²) < 4.78 is 13.4. The summed E-state index contributed by atoms with van der Waals surface area (Å²) in [6.45, 7) is 2.56. The number of nitrogens with zero attached hydrogens (tertiary/aromatic N) is 2. The largest absolute Gasteiger partial charge is 0.409 e. The van der Waals surface area contributed by atoms with Crippen LogP contribution in [0.25, 0.3) is 0 Å². The third-order valence-electron chi connectivity index (χ3n) is 3.08. The minimum absolute atomic E-state index is 0.0164. The molecule has 2 rings (SSSR count). The number of hydrogen-bond donors (Lipinski definition) is 2. The molecule has 0 fully saturated rings. The van der Waals surface area contributed by atoms with Crippen molar-refractivity contribution in [3.05, 3.63) is 58.9 Å². The quantitative estimate of drug-likeness (QED) is 0.391. The normalized spacial score (nSPS) is 11.5. The molecule has 3 N–H and O–H groups in total. The smallest absolute Gasteiger partial charge is 0.170 e. The molecule has 0 spiro atoms. The van der Waals surface area contributed by atoms with E-state index in [-0.39, 0.29) is 11.7 Å². The van der Waals surface area contributed by atoms with Gasteiger partial charge in [-0.25, -0.2) is 4.39 Å². The Kier molecular flexibility index (Phi) is 4.65. The summed E-state index contributed by atoms with van der Waals surface area (Å²) in [4.78, 5) is 1.88. The molecule has 0 heterocycles. The SMILES string of the molecule is CCN(c1cccc(F)c1)c1ccc(C(N)=NO)cc1Cl. The summed E-state index contributed by atoms with van der Waals surface area (Å²) in [7, 11) is 0. The first kappa shape index (κ1) is 15.1. The highest BCUT2D eigenvalue weighted by atomic mass is 35.5. The molecule has 0 aliphatic heterocycles. The first-order valence-electron chi connectivity index (χ1n) is 6.37. The second kappa shape index (κ2) is 6.45. The number of oxime groups is 1. The molecule has 0 aliphatic rings. The van der Waals surface area contributed by atoms with Crippen molar-refractivity contribution in [1.82, 2.24) is 0 Å². The monoisotopic (exact) mass is 307 g/mol. The summed E-state index contributed by atoms with van der Waals surface area (Å²) in [6.07, 6.45) is 0. The molecule has 4 nitrogen and oxygen atoms in total. The Labute approximate surface area is 127 Å². The molecule has 110 valence electrons. The highest BCUT2D eigenvalue weighted by molar-refractivity contribution is 6.33. The van der Waals surface area contributed by atoms with Gasteiger partial charge in [0.2, 0.25) is 0 Å². The zero-order valence-electron chi connectivity index (χ0n) is 11.4. The molecule has 0 saturated heterocycles. The number of amidine groups is 1. The van der Waals surface area contributed by atoms with Gasteiger partial charge in [0.15, 0.2) is 5.84 Å². The molecule has 0 atom stereocenters. The Morgan fingerprint density at radius 1 is 1.33 bits per heavy atom. The molecule has 0 unspecified atom stereocenters. The minimum Gasteiger partial charge on any atom is -0.409 e. The first-order chi connectivity index (χ1) is 10.1. The number of rotatable bonds is 4. The topological polar surface area (TPSA) is 61.8 Å². The lowest BCUT2D eigenvalue weighted by atomic mass is 10.1. The lowest BCUT2D eigenvalue weighted by Gasteiger charge is -2.24. The van der Waals surface area contributed by atoms with Crippen LogP contribution >= 0.6 is 11.6 Å². The van der Waals surface area contributed by atoms with Gasteiger partial charge >= 0.3 is 0 Å². The van der Waals surface area contributed by atoms with Gasteiger partial charge in [-0.1, -0.05) is 22.8 Å². The molecule has 2 aromatic rings. The Morgan fingerprint density at radius 3 is 2.67 bits per heavy atom. The summed E-state index contributed by atoms with van der Waals surface area (Å²) >= 11 is 6.27. The van der Waals surface area contributed by atoms with Gasteiger partial charge in [0.1, 0.15) is 5.82 Å². The fraction of sp³-hybridized carbons (Fsp3) is 0.133. The van der Waals surface area contributed by atoms with E-state index >= 15 is 0 Å². The Morgan fingerprint density at radius 2 is 2.10 bits per heavy atom. The maximum absolute atomic E-state index is 13.4. The van der Waals surface area contributed by atoms with Crippen molar-refractivity contribution >= 4 is 28.8 Å². The minimum atomic E-state index is -0.310. The van der Waals surface area contributed by atoms with Crippen molar-refractivity contribution in [2.24, 2.45) is 10.9 Å². The van der Waals surface area contributed by atoms with Gasteiger partial charge in [0, 0.05) is 17.8 Å². The molecule has 0 bridgehead atoms. The molecule has 2 aromatic carbocycles. The molecule has 0 aliphatic carbocycles. The van der Waals surface area contributed by atoms with E-state index in [9.17, 15) is 4.39 Å². The molecular formula is C15H15ClFN3O. The Balaban J connectivity index is 2.44. The van der Waals surface area contributed by atoms with Gasteiger partial charge in [0.25, 0.3) is 0 Å². The van der Waals surface area contributed by atoms with E-state index in [4.69, 9.17) is 22.5 Å². The predicted octanol–water partition coefficient (Wildman–Crippen LogP) is 3.73. The van der Waals surface area contributed by atoms with E-state index in [2.05, 4.69) is 5.16 Å². The Bertz CT molecular complexity index is 676. The van der Waals surface area contributed by atoms with Crippen LogP contribution < -0.4 is 10.6 Å². The van der Waals surface area contributed by atoms with Gasteiger partial charge in [-0.15, -0.1) is 0 Å². The van der Waals surface area contributed by atoms with Crippen LogP contribution in [0.1, 0.15) is 12.5 Å². The molecule has 0 aromatic heterocycles. The predicted molar refractivity (Wildman–Crippen MR) is 83.0 cm³/mol. The Hall–Kier alpha value is -2.27. The maximum atomic E-state index is 13.4. The van der Waals surface area contributed by atoms with Crippen molar-refractivity contribution in [3.8, 4) is 0 Å². The fourth-order valence-corrected chi connectivity index (χ4v) is 2.36. The van der Waals surface area contributed by atoms with Gasteiger partial charge < -0.3 is 15.8 Å². The van der Waals surface area contributed by atoms with Crippen LogP contribution in [-0.4, -0.2) is 17.6 Å². The fourth-order valence-electron chi connectivity index (χ4n) is 2.08. The van der Waals surface area contributed by atoms with Gasteiger partial charge in [-0.2, -0.15) is 0 Å². The molecular weight excluding hydrogens is 293 g/mol. The van der Waals surface area contributed by atoms with E-state index in [0.29, 0.717) is 22.8 Å². The van der Waals surface area contributed by atoms with E-state index in [1.165, 1.54) is 12.1 Å². The van der Waals surface area contributed by atoms with Crippen molar-refractivity contribution in [2.75, 3.05) is 11.4 Å². The van der Waals surface area contributed by atoms with E-state index in [1.54, 1.807) is 30.3 Å². The lowest BCUT2D eigenvalue weighted by molar-refractivity contribution is 0.318. The van der Waals surface area contributed by atoms with E-state index in [1.807, 2.05) is 11.8 Å². The van der Waals surface area contributed by atoms with Crippen molar-refractivity contribution in [2.45, 2.75) is 6.92 Å². The first-order valence-corrected chi connectivity index (χ1v) is 6.75. The van der Waals surface area contributed by atoms with E-state index < -0.39 is 0 Å². The molecule has 0 radical (unpaired) electrons. The highest BCUT2D eigenvalue weighted by Gasteiger charge is 2.13. The third-order valence-corrected chi connectivity index (χ3v) is 3.38. The molecule has 21 heavy (non-hydrogen) atoms. The standard InChI is InChI=1S/C15H15ClFN3O/c1-2-20(12-5-3-4-11(17)9-12)14-7-6-10(8-13(14)16)15(18)19-21/h3-9,21H,2H2,1H3,(H2,18,19). The molecule has 0 amide bonds. The summed E-state index contributed by atoms with van der Waals surface area (Å²) in [6, 6.07) is 11.3. The molecule has 6 heteroatoms. The van der Waals surface area contributed by atoms with Crippen LogP contribution in [-0.2, 0) is 0 Å². The van der Waals surface area contributed by atoms with Crippen LogP contribution in [0.4, 0.5) is 15.8 Å². The van der Waals surface area contributed by atoms with Crippen LogP contribution in [0.2, 0.25) is 5.02 Å². The summed E-state index contributed by atoms with van der Waals surface area (Å²) in [5, 5.41) is 12.1. The van der Waals surface area contributed by atoms with Crippen LogP contribution in [0.3, 0.4) is 0 Å². The zero-order valence-corrected chi connectivity index (χ0v) is 12.2. The number of benzene rings is 2. The van der Waals surface area contributed by atoms with Gasteiger partial charge in [0.05, 0.1) is 10.7 Å². The van der Waals surface area contributed by atoms with Crippen molar-refractivity contribution in [1.29, 1.82) is 0 Å². The number of hydrogen-bond acceptors (Lipinski definition) is 3. The van der Waals surface area contributed by atoms with Gasteiger partial charge in [-0.3, -0.25) is 0 Å². The summed E-state index contributed by atoms with van der Waals surface area (Å²) in [5.41, 5.74) is 7.47. The second-order valence-electron chi connectivity index (χ2n) is 4.38. The number of halogens is 2. The molecule has 0 saturated carbocycles. The van der Waals surface area contributed by atoms with Gasteiger partial charge in [-0.05, 0) is 43.3 Å². The lowest BCUT2D eigenvalue weighted by Crippen LogP contribution is -2.18. The van der Waals surface area contributed by atoms with Crippen LogP contribution in [0.15, 0.2) is 47.6 Å². The zero-order chi connectivity index (χ0) is 15.4. The van der Waals surface area contributed by atoms with E-state index in [0.717, 1.165) is 5.69 Å². The third kappa shape index (κ3) is 3.25. The average Bonchev–Trinajstić information content (AvgIpc) is 2.49. The second-order valence-corrected chi connectivity index (χ2v) is 4.78. The van der Waals surface area contributed by atoms with Crippen molar-refractivity contribution in [3.63, 3.8) is 0 Å². The van der Waals surface area contributed by atoms with Crippen molar-refractivity contribution < 1.29 is 9.60 Å². The highest BCUT2D eigenvalue weighted by Crippen LogP contribution is 2.32. The maximum Gasteiger partial charge on any atom is 0.170 e. The van der Waals surface area contributed by atoms with Crippen LogP contribution in [0, 0.1) is 5.82 Å².